The number of benzene rings is 2. The fraction of sp³-hybridized carbons (Fsp3) is 0.238. The minimum absolute atomic E-state index is 0.171. The maximum Gasteiger partial charge on any atom is 0.275 e. The van der Waals surface area contributed by atoms with Crippen molar-refractivity contribution in [1.29, 1.82) is 0 Å². The van der Waals surface area contributed by atoms with Crippen molar-refractivity contribution in [3.05, 3.63) is 68.9 Å². The summed E-state index contributed by atoms with van der Waals surface area (Å²) >= 11 is 6.04. The van der Waals surface area contributed by atoms with Crippen LogP contribution in [0.25, 0.3) is 21.8 Å². The van der Waals surface area contributed by atoms with Crippen LogP contribution >= 0.6 is 11.6 Å². The molecule has 0 aliphatic rings. The number of nitrogens with one attached hydrogen (secondary N) is 2. The molecule has 2 aromatic heterocycles. The lowest BCUT2D eigenvalue weighted by molar-refractivity contribution is 0.0735. The van der Waals surface area contributed by atoms with Crippen molar-refractivity contribution in [2.24, 2.45) is 0 Å². The summed E-state index contributed by atoms with van der Waals surface area (Å²) in [5.41, 5.74) is 2.46. The Morgan fingerprint density at radius 1 is 1.17 bits per heavy atom. The number of amides is 1. The molecule has 0 spiro atoms. The van der Waals surface area contributed by atoms with Crippen molar-refractivity contribution < 1.29 is 4.79 Å². The standard InChI is InChI=1S/C21H20ClN5O2/c1-3-8-27(21(29)19-15-9-12(2)4-7-16(15)25-26-19)11-18-23-17-10-13(22)5-6-14(17)20(28)24-18/h4-7,9-10H,3,8,11H2,1-2H3,(H,25,26)(H,23,24,28). The number of carbonyl (C=O) groups excluding carboxylic acids is 1. The summed E-state index contributed by atoms with van der Waals surface area (Å²) in [6, 6.07) is 10.7. The molecule has 0 atom stereocenters. The zero-order chi connectivity index (χ0) is 20.5. The quantitative estimate of drug-likeness (QED) is 0.524. The predicted molar refractivity (Wildman–Crippen MR) is 113 cm³/mol. The van der Waals surface area contributed by atoms with Crippen molar-refractivity contribution in [1.82, 2.24) is 25.1 Å². The Labute approximate surface area is 171 Å². The summed E-state index contributed by atoms with van der Waals surface area (Å²) in [5, 5.41) is 8.89. The van der Waals surface area contributed by atoms with Crippen LogP contribution in [-0.4, -0.2) is 37.5 Å². The maximum atomic E-state index is 13.2. The van der Waals surface area contributed by atoms with E-state index in [1.165, 1.54) is 0 Å². The Bertz CT molecular complexity index is 1280. The van der Waals surface area contributed by atoms with E-state index in [0.29, 0.717) is 34.0 Å². The van der Waals surface area contributed by atoms with Gasteiger partial charge in [-0.1, -0.05) is 30.2 Å². The smallest absolute Gasteiger partial charge is 0.275 e. The summed E-state index contributed by atoms with van der Waals surface area (Å²) in [6.45, 7) is 4.64. The second-order valence-corrected chi connectivity index (χ2v) is 7.46. The van der Waals surface area contributed by atoms with Gasteiger partial charge in [0, 0.05) is 17.0 Å². The van der Waals surface area contributed by atoms with Gasteiger partial charge in [-0.2, -0.15) is 5.10 Å². The van der Waals surface area contributed by atoms with Crippen LogP contribution in [0.3, 0.4) is 0 Å². The summed E-state index contributed by atoms with van der Waals surface area (Å²) < 4.78 is 0. The second kappa shape index (κ2) is 7.67. The Balaban J connectivity index is 1.70. The number of hydrogen-bond donors (Lipinski definition) is 2. The monoisotopic (exact) mass is 409 g/mol. The van der Waals surface area contributed by atoms with Gasteiger partial charge in [0.15, 0.2) is 5.69 Å². The van der Waals surface area contributed by atoms with Crippen molar-refractivity contribution in [2.45, 2.75) is 26.8 Å². The van der Waals surface area contributed by atoms with E-state index in [-0.39, 0.29) is 18.0 Å². The van der Waals surface area contributed by atoms with Gasteiger partial charge in [-0.25, -0.2) is 4.98 Å². The van der Waals surface area contributed by atoms with Gasteiger partial charge in [0.2, 0.25) is 0 Å². The van der Waals surface area contributed by atoms with Gasteiger partial charge in [-0.3, -0.25) is 14.7 Å². The predicted octanol–water partition coefficient (Wildman–Crippen LogP) is 3.81. The fourth-order valence-corrected chi connectivity index (χ4v) is 3.55. The Morgan fingerprint density at radius 3 is 2.79 bits per heavy atom. The van der Waals surface area contributed by atoms with Crippen LogP contribution < -0.4 is 5.56 Å². The van der Waals surface area contributed by atoms with Gasteiger partial charge in [0.05, 0.1) is 23.0 Å². The number of hydrogen-bond acceptors (Lipinski definition) is 4. The molecule has 2 aromatic carbocycles. The first-order valence-electron chi connectivity index (χ1n) is 9.38. The molecular formula is C21H20ClN5O2. The van der Waals surface area contributed by atoms with Crippen LogP contribution in [0.5, 0.6) is 0 Å². The number of aromatic nitrogens is 4. The van der Waals surface area contributed by atoms with E-state index in [1.807, 2.05) is 32.0 Å². The van der Waals surface area contributed by atoms with E-state index >= 15 is 0 Å². The molecule has 0 fully saturated rings. The van der Waals surface area contributed by atoms with Gasteiger partial charge >= 0.3 is 0 Å². The van der Waals surface area contributed by atoms with E-state index in [4.69, 9.17) is 11.6 Å². The molecule has 4 aromatic rings. The number of H-pyrrole nitrogens is 2. The van der Waals surface area contributed by atoms with Crippen molar-refractivity contribution in [3.63, 3.8) is 0 Å². The first-order chi connectivity index (χ1) is 14.0. The lowest BCUT2D eigenvalue weighted by atomic mass is 10.1. The number of fused-ring (bicyclic) bond motifs is 2. The second-order valence-electron chi connectivity index (χ2n) is 7.02. The highest BCUT2D eigenvalue weighted by molar-refractivity contribution is 6.31. The average Bonchev–Trinajstić information content (AvgIpc) is 3.09. The minimum atomic E-state index is -0.258. The van der Waals surface area contributed by atoms with Gasteiger partial charge < -0.3 is 9.88 Å². The number of carbonyl (C=O) groups is 1. The highest BCUT2D eigenvalue weighted by Crippen LogP contribution is 2.20. The average molecular weight is 410 g/mol. The van der Waals surface area contributed by atoms with Crippen molar-refractivity contribution in [2.75, 3.05) is 6.54 Å². The molecule has 2 heterocycles. The third kappa shape index (κ3) is 3.73. The maximum absolute atomic E-state index is 13.2. The SMILES string of the molecule is CCCN(Cc1nc2cc(Cl)ccc2c(=O)[nH]1)C(=O)c1n[nH]c2ccc(C)cc12. The summed E-state index contributed by atoms with van der Waals surface area (Å²) in [5.74, 6) is 0.195. The van der Waals surface area contributed by atoms with E-state index in [1.54, 1.807) is 23.1 Å². The Hall–Kier alpha value is -3.19. The Morgan fingerprint density at radius 2 is 2.00 bits per heavy atom. The minimum Gasteiger partial charge on any atom is -0.330 e. The third-order valence-corrected chi connectivity index (χ3v) is 5.00. The summed E-state index contributed by atoms with van der Waals surface area (Å²) in [6.07, 6.45) is 0.761. The molecule has 29 heavy (non-hydrogen) atoms. The van der Waals surface area contributed by atoms with Crippen LogP contribution in [0.1, 0.15) is 35.2 Å². The van der Waals surface area contributed by atoms with E-state index in [2.05, 4.69) is 20.2 Å². The van der Waals surface area contributed by atoms with Crippen LogP contribution in [-0.2, 0) is 6.54 Å². The number of aromatic amines is 2. The van der Waals surface area contributed by atoms with Gasteiger partial charge in [-0.15, -0.1) is 0 Å². The molecule has 0 aliphatic heterocycles. The van der Waals surface area contributed by atoms with Crippen LogP contribution in [0.4, 0.5) is 0 Å². The largest absolute Gasteiger partial charge is 0.330 e. The summed E-state index contributed by atoms with van der Waals surface area (Å²) in [7, 11) is 0. The number of aryl methyl sites for hydroxylation is 1. The molecule has 7 nitrogen and oxygen atoms in total. The normalized spacial score (nSPS) is 11.3. The van der Waals surface area contributed by atoms with E-state index in [0.717, 1.165) is 22.9 Å². The van der Waals surface area contributed by atoms with Gasteiger partial charge in [0.1, 0.15) is 5.82 Å². The first kappa shape index (κ1) is 19.1. The third-order valence-electron chi connectivity index (χ3n) is 4.76. The van der Waals surface area contributed by atoms with Crippen LogP contribution in [0, 0.1) is 6.92 Å². The highest BCUT2D eigenvalue weighted by Gasteiger charge is 2.22. The van der Waals surface area contributed by atoms with Crippen molar-refractivity contribution in [3.8, 4) is 0 Å². The molecule has 8 heteroatoms. The lowest BCUT2D eigenvalue weighted by Crippen LogP contribution is -2.33. The fourth-order valence-electron chi connectivity index (χ4n) is 3.38. The number of rotatable bonds is 5. The molecule has 0 unspecified atom stereocenters. The van der Waals surface area contributed by atoms with Crippen LogP contribution in [0.15, 0.2) is 41.2 Å². The molecule has 0 aliphatic carbocycles. The Kier molecular flexibility index (Phi) is 5.07. The number of halogens is 1. The van der Waals surface area contributed by atoms with Crippen LogP contribution in [0.2, 0.25) is 5.02 Å². The van der Waals surface area contributed by atoms with Gasteiger partial charge in [-0.05, 0) is 43.7 Å². The molecule has 1 amide bonds. The van der Waals surface area contributed by atoms with E-state index in [9.17, 15) is 9.59 Å². The number of nitrogens with zero attached hydrogens (tertiary/aromatic N) is 3. The molecule has 4 rings (SSSR count). The molecule has 148 valence electrons. The topological polar surface area (TPSA) is 94.7 Å². The van der Waals surface area contributed by atoms with Crippen molar-refractivity contribution >= 4 is 39.3 Å². The molecule has 0 bridgehead atoms. The molecular weight excluding hydrogens is 390 g/mol. The molecule has 0 radical (unpaired) electrons. The summed E-state index contributed by atoms with van der Waals surface area (Å²) in [4.78, 5) is 34.5. The molecule has 0 saturated heterocycles. The van der Waals surface area contributed by atoms with E-state index < -0.39 is 0 Å². The molecule has 0 saturated carbocycles. The zero-order valence-electron chi connectivity index (χ0n) is 16.1. The molecule has 2 N–H and O–H groups in total. The lowest BCUT2D eigenvalue weighted by Gasteiger charge is -2.21. The van der Waals surface area contributed by atoms with Gasteiger partial charge in [0.25, 0.3) is 11.5 Å². The highest BCUT2D eigenvalue weighted by atomic mass is 35.5. The first-order valence-corrected chi connectivity index (χ1v) is 9.76. The zero-order valence-corrected chi connectivity index (χ0v) is 16.9.